The van der Waals surface area contributed by atoms with Crippen LogP contribution in [0.5, 0.6) is 17.2 Å². The summed E-state index contributed by atoms with van der Waals surface area (Å²) < 4.78 is 21.2. The lowest BCUT2D eigenvalue weighted by Crippen LogP contribution is -2.29. The molecule has 0 bridgehead atoms. The second-order valence-corrected chi connectivity index (χ2v) is 6.91. The molecule has 0 N–H and O–H groups in total. The number of hydrogen-bond acceptors (Lipinski definition) is 7. The molecule has 0 spiro atoms. The molecule has 158 valence electrons. The topological polar surface area (TPSA) is 91.4 Å². The number of methoxy groups -OCH3 is 3. The van der Waals surface area contributed by atoms with Gasteiger partial charge in [-0.15, -0.1) is 0 Å². The van der Waals surface area contributed by atoms with Crippen LogP contribution in [-0.4, -0.2) is 45.1 Å². The number of amides is 1. The monoisotopic (exact) mass is 413 g/mol. The van der Waals surface area contributed by atoms with Gasteiger partial charge >= 0.3 is 5.97 Å². The highest BCUT2D eigenvalue weighted by Gasteiger charge is 2.41. The lowest BCUT2D eigenvalue weighted by molar-refractivity contribution is -0.114. The van der Waals surface area contributed by atoms with Gasteiger partial charge in [0, 0.05) is 6.07 Å². The lowest BCUT2D eigenvalue weighted by Gasteiger charge is -2.20. The minimum absolute atomic E-state index is 0.0824. The number of nitrogens with zero attached hydrogens (tertiary/aromatic N) is 1. The molecule has 30 heavy (non-hydrogen) atoms. The average Bonchev–Trinajstić information content (AvgIpc) is 2.96. The van der Waals surface area contributed by atoms with E-state index in [0.717, 1.165) is 0 Å². The molecule has 0 saturated carbocycles. The van der Waals surface area contributed by atoms with Crippen molar-refractivity contribution in [3.8, 4) is 17.2 Å². The summed E-state index contributed by atoms with van der Waals surface area (Å²) in [5.74, 6) is -1.15. The maximum Gasteiger partial charge on any atom is 0.338 e. The summed E-state index contributed by atoms with van der Waals surface area (Å²) in [4.78, 5) is 39.0. The van der Waals surface area contributed by atoms with Gasteiger partial charge in [-0.1, -0.05) is 12.1 Å². The SMILES string of the molecule is COc1cc2c(c(OC)c1OC)C(=O)C(=O)N2Cc1cccc(C(=O)OC(C)C)c1. The number of fused-ring (bicyclic) bond motifs is 1. The van der Waals surface area contributed by atoms with Crippen molar-refractivity contribution < 1.29 is 33.3 Å². The van der Waals surface area contributed by atoms with Crippen LogP contribution in [0, 0.1) is 0 Å². The Hall–Kier alpha value is -3.55. The maximum atomic E-state index is 12.7. The number of carbonyl (C=O) groups is 3. The van der Waals surface area contributed by atoms with Crippen LogP contribution >= 0.6 is 0 Å². The molecule has 8 nitrogen and oxygen atoms in total. The normalized spacial score (nSPS) is 12.8. The predicted molar refractivity (Wildman–Crippen MR) is 109 cm³/mol. The number of anilines is 1. The number of esters is 1. The van der Waals surface area contributed by atoms with E-state index in [9.17, 15) is 14.4 Å². The smallest absolute Gasteiger partial charge is 0.338 e. The van der Waals surface area contributed by atoms with Gasteiger partial charge in [-0.25, -0.2) is 4.79 Å². The van der Waals surface area contributed by atoms with E-state index in [-0.39, 0.29) is 29.7 Å². The van der Waals surface area contributed by atoms with Gasteiger partial charge in [0.2, 0.25) is 5.75 Å². The minimum atomic E-state index is -0.700. The molecule has 1 amide bonds. The molecule has 0 atom stereocenters. The number of Topliss-reactive ketones (excluding diaryl/α,β-unsaturated/α-hetero) is 1. The maximum absolute atomic E-state index is 12.7. The van der Waals surface area contributed by atoms with Gasteiger partial charge in [0.1, 0.15) is 0 Å². The van der Waals surface area contributed by atoms with Gasteiger partial charge in [-0.05, 0) is 31.5 Å². The summed E-state index contributed by atoms with van der Waals surface area (Å²) in [6.45, 7) is 3.61. The first-order valence-corrected chi connectivity index (χ1v) is 9.31. The molecular weight excluding hydrogens is 390 g/mol. The molecule has 0 fully saturated rings. The Kier molecular flexibility index (Phi) is 5.96. The van der Waals surface area contributed by atoms with Crippen LogP contribution in [0.4, 0.5) is 5.69 Å². The number of carbonyl (C=O) groups excluding carboxylic acids is 3. The largest absolute Gasteiger partial charge is 0.493 e. The second-order valence-electron chi connectivity index (χ2n) is 6.91. The third-order valence-corrected chi connectivity index (χ3v) is 4.61. The first-order chi connectivity index (χ1) is 14.3. The first-order valence-electron chi connectivity index (χ1n) is 9.31. The molecule has 1 heterocycles. The van der Waals surface area contributed by atoms with E-state index in [1.165, 1.54) is 26.2 Å². The fourth-order valence-corrected chi connectivity index (χ4v) is 3.33. The molecule has 0 aromatic heterocycles. The van der Waals surface area contributed by atoms with Crippen LogP contribution in [0.2, 0.25) is 0 Å². The van der Waals surface area contributed by atoms with Crippen LogP contribution in [0.25, 0.3) is 0 Å². The summed E-state index contributed by atoms with van der Waals surface area (Å²) in [7, 11) is 4.27. The average molecular weight is 413 g/mol. The standard InChI is InChI=1S/C22H23NO7/c1-12(2)30-22(26)14-8-6-7-13(9-14)11-23-15-10-16(27-3)19(28-4)20(29-5)17(15)18(24)21(23)25/h6-10,12H,11H2,1-5H3. The zero-order chi connectivity index (χ0) is 22.0. The Bertz CT molecular complexity index is 1010. The van der Waals surface area contributed by atoms with Crippen molar-refractivity contribution in [3.63, 3.8) is 0 Å². The van der Waals surface area contributed by atoms with E-state index in [4.69, 9.17) is 18.9 Å². The quantitative estimate of drug-likeness (QED) is 0.509. The van der Waals surface area contributed by atoms with Crippen molar-refractivity contribution in [1.29, 1.82) is 0 Å². The number of ether oxygens (including phenoxy) is 4. The van der Waals surface area contributed by atoms with E-state index in [1.807, 2.05) is 0 Å². The fourth-order valence-electron chi connectivity index (χ4n) is 3.33. The van der Waals surface area contributed by atoms with Gasteiger partial charge in [0.15, 0.2) is 11.5 Å². The zero-order valence-electron chi connectivity index (χ0n) is 17.5. The molecule has 0 aliphatic carbocycles. The molecular formula is C22H23NO7. The van der Waals surface area contributed by atoms with Crippen molar-refractivity contribution in [1.82, 2.24) is 0 Å². The van der Waals surface area contributed by atoms with Crippen molar-refractivity contribution in [2.75, 3.05) is 26.2 Å². The van der Waals surface area contributed by atoms with Crippen LogP contribution in [-0.2, 0) is 16.1 Å². The van der Waals surface area contributed by atoms with Crippen molar-refractivity contribution >= 4 is 23.3 Å². The van der Waals surface area contributed by atoms with Crippen LogP contribution in [0.15, 0.2) is 30.3 Å². The number of rotatable bonds is 7. The minimum Gasteiger partial charge on any atom is -0.493 e. The van der Waals surface area contributed by atoms with E-state index in [0.29, 0.717) is 22.6 Å². The third kappa shape index (κ3) is 3.68. The van der Waals surface area contributed by atoms with Crippen molar-refractivity contribution in [3.05, 3.63) is 47.0 Å². The van der Waals surface area contributed by atoms with Gasteiger partial charge < -0.3 is 23.8 Å². The number of benzene rings is 2. The Balaban J connectivity index is 2.01. The predicted octanol–water partition coefficient (Wildman–Crippen LogP) is 3.01. The molecule has 1 aliphatic heterocycles. The van der Waals surface area contributed by atoms with Gasteiger partial charge in [0.05, 0.1) is 50.8 Å². The summed E-state index contributed by atoms with van der Waals surface area (Å²) in [6.07, 6.45) is -0.249. The van der Waals surface area contributed by atoms with Crippen molar-refractivity contribution in [2.45, 2.75) is 26.5 Å². The summed E-state index contributed by atoms with van der Waals surface area (Å²) in [5, 5.41) is 0. The fraction of sp³-hybridized carbons (Fsp3) is 0.318. The molecule has 3 rings (SSSR count). The highest BCUT2D eigenvalue weighted by molar-refractivity contribution is 6.53. The Morgan fingerprint density at radius 1 is 1.00 bits per heavy atom. The molecule has 2 aromatic rings. The van der Waals surface area contributed by atoms with Crippen LogP contribution in [0.1, 0.15) is 40.1 Å². The third-order valence-electron chi connectivity index (χ3n) is 4.61. The van der Waals surface area contributed by atoms with Gasteiger partial charge in [-0.3, -0.25) is 9.59 Å². The summed E-state index contributed by atoms with van der Waals surface area (Å²) in [5.41, 5.74) is 1.51. The summed E-state index contributed by atoms with van der Waals surface area (Å²) in [6, 6.07) is 8.30. The first kappa shape index (κ1) is 21.2. The molecule has 1 aliphatic rings. The lowest BCUT2D eigenvalue weighted by atomic mass is 10.1. The molecule has 0 unspecified atom stereocenters. The Labute approximate surface area is 174 Å². The van der Waals surface area contributed by atoms with Gasteiger partial charge in [-0.2, -0.15) is 0 Å². The summed E-state index contributed by atoms with van der Waals surface area (Å²) >= 11 is 0. The molecule has 2 aromatic carbocycles. The highest BCUT2D eigenvalue weighted by Crippen LogP contribution is 2.48. The molecule has 0 radical (unpaired) electrons. The van der Waals surface area contributed by atoms with E-state index >= 15 is 0 Å². The van der Waals surface area contributed by atoms with Crippen LogP contribution < -0.4 is 19.1 Å². The molecule has 8 heteroatoms. The number of ketones is 1. The highest BCUT2D eigenvalue weighted by atomic mass is 16.5. The molecule has 0 saturated heterocycles. The second kappa shape index (κ2) is 8.44. The van der Waals surface area contributed by atoms with Gasteiger partial charge in [0.25, 0.3) is 11.7 Å². The van der Waals surface area contributed by atoms with E-state index in [1.54, 1.807) is 44.2 Å². The van der Waals surface area contributed by atoms with Crippen molar-refractivity contribution in [2.24, 2.45) is 0 Å². The van der Waals surface area contributed by atoms with E-state index in [2.05, 4.69) is 0 Å². The Morgan fingerprint density at radius 3 is 2.30 bits per heavy atom. The number of hydrogen-bond donors (Lipinski definition) is 0. The zero-order valence-corrected chi connectivity index (χ0v) is 17.5. The van der Waals surface area contributed by atoms with Crippen LogP contribution in [0.3, 0.4) is 0 Å². The van der Waals surface area contributed by atoms with E-state index < -0.39 is 17.7 Å². The Morgan fingerprint density at radius 2 is 1.70 bits per heavy atom.